The summed E-state index contributed by atoms with van der Waals surface area (Å²) in [5, 5.41) is 6.55. The molecule has 96 valence electrons. The van der Waals surface area contributed by atoms with E-state index in [-0.39, 0.29) is 6.10 Å². The van der Waals surface area contributed by atoms with Gasteiger partial charge in [-0.3, -0.25) is 0 Å². The summed E-state index contributed by atoms with van der Waals surface area (Å²) < 4.78 is 7.04. The SMILES string of the molecule is CNCC1CN(c2nccc3sccc23)CCO1. The number of likely N-dealkylation sites (N-methyl/N-ethyl adjacent to an activating group) is 1. The first-order valence-corrected chi connectivity index (χ1v) is 7.10. The lowest BCUT2D eigenvalue weighted by Gasteiger charge is -2.34. The van der Waals surface area contributed by atoms with E-state index in [2.05, 4.69) is 32.7 Å². The molecule has 1 aliphatic rings. The van der Waals surface area contributed by atoms with E-state index in [1.54, 1.807) is 11.3 Å². The Bertz CT molecular complexity index is 526. The molecule has 0 radical (unpaired) electrons. The predicted molar refractivity (Wildman–Crippen MR) is 75.5 cm³/mol. The first-order chi connectivity index (χ1) is 8.88. The minimum Gasteiger partial charge on any atom is -0.373 e. The second-order valence-corrected chi connectivity index (χ2v) is 5.41. The molecule has 0 amide bonds. The minimum absolute atomic E-state index is 0.249. The second kappa shape index (κ2) is 5.22. The Balaban J connectivity index is 1.87. The van der Waals surface area contributed by atoms with Crippen LogP contribution in [0.3, 0.4) is 0 Å². The highest BCUT2D eigenvalue weighted by Gasteiger charge is 2.22. The number of morpholine rings is 1. The molecule has 2 aromatic rings. The minimum atomic E-state index is 0.249. The molecule has 4 nitrogen and oxygen atoms in total. The van der Waals surface area contributed by atoms with Gasteiger partial charge >= 0.3 is 0 Å². The summed E-state index contributed by atoms with van der Waals surface area (Å²) in [6.07, 6.45) is 2.15. The van der Waals surface area contributed by atoms with Gasteiger partial charge in [-0.25, -0.2) is 4.98 Å². The standard InChI is InChI=1S/C13H17N3OS/c1-14-8-10-9-16(5-6-17-10)13-11-3-7-18-12(11)2-4-15-13/h2-4,7,10,14H,5-6,8-9H2,1H3. The van der Waals surface area contributed by atoms with Crippen LogP contribution in [0.5, 0.6) is 0 Å². The molecular formula is C13H17N3OS. The maximum atomic E-state index is 5.73. The number of thiophene rings is 1. The lowest BCUT2D eigenvalue weighted by molar-refractivity contribution is 0.0420. The molecule has 2 aromatic heterocycles. The fraction of sp³-hybridized carbons (Fsp3) is 0.462. The molecule has 1 N–H and O–H groups in total. The normalized spacial score (nSPS) is 20.5. The van der Waals surface area contributed by atoms with E-state index in [9.17, 15) is 0 Å². The Kier molecular flexibility index (Phi) is 3.45. The van der Waals surface area contributed by atoms with Crippen LogP contribution in [0.4, 0.5) is 5.82 Å². The molecule has 3 rings (SSSR count). The van der Waals surface area contributed by atoms with Crippen molar-refractivity contribution in [3.63, 3.8) is 0 Å². The number of nitrogens with zero attached hydrogens (tertiary/aromatic N) is 2. The van der Waals surface area contributed by atoms with Crippen LogP contribution in [-0.2, 0) is 4.74 Å². The maximum absolute atomic E-state index is 5.73. The summed E-state index contributed by atoms with van der Waals surface area (Å²) in [4.78, 5) is 6.89. The third-order valence-corrected chi connectivity index (χ3v) is 4.11. The number of aromatic nitrogens is 1. The summed E-state index contributed by atoms with van der Waals surface area (Å²) in [5.41, 5.74) is 0. The van der Waals surface area contributed by atoms with E-state index >= 15 is 0 Å². The van der Waals surface area contributed by atoms with Gasteiger partial charge in [-0.05, 0) is 24.6 Å². The van der Waals surface area contributed by atoms with Crippen molar-refractivity contribution in [1.29, 1.82) is 0 Å². The van der Waals surface area contributed by atoms with Gasteiger partial charge < -0.3 is 15.0 Å². The highest BCUT2D eigenvalue weighted by Crippen LogP contribution is 2.29. The van der Waals surface area contributed by atoms with Crippen molar-refractivity contribution in [2.45, 2.75) is 6.10 Å². The van der Waals surface area contributed by atoms with Crippen LogP contribution in [0.2, 0.25) is 0 Å². The molecule has 18 heavy (non-hydrogen) atoms. The number of rotatable bonds is 3. The Hall–Kier alpha value is -1.17. The smallest absolute Gasteiger partial charge is 0.137 e. The van der Waals surface area contributed by atoms with Gasteiger partial charge in [0.25, 0.3) is 0 Å². The molecule has 1 unspecified atom stereocenters. The van der Waals surface area contributed by atoms with Crippen molar-refractivity contribution in [1.82, 2.24) is 10.3 Å². The summed E-state index contributed by atoms with van der Waals surface area (Å²) in [6.45, 7) is 3.48. The van der Waals surface area contributed by atoms with Crippen molar-refractivity contribution in [3.05, 3.63) is 23.7 Å². The van der Waals surface area contributed by atoms with Crippen LogP contribution in [0, 0.1) is 0 Å². The molecule has 1 aliphatic heterocycles. The summed E-state index contributed by atoms with van der Waals surface area (Å²) in [7, 11) is 1.96. The fourth-order valence-corrected chi connectivity index (χ4v) is 3.17. The molecule has 3 heterocycles. The van der Waals surface area contributed by atoms with Gasteiger partial charge in [0.1, 0.15) is 5.82 Å². The van der Waals surface area contributed by atoms with Crippen LogP contribution >= 0.6 is 11.3 Å². The Morgan fingerprint density at radius 1 is 1.56 bits per heavy atom. The number of nitrogens with one attached hydrogen (secondary N) is 1. The van der Waals surface area contributed by atoms with Gasteiger partial charge in [0, 0.05) is 35.9 Å². The van der Waals surface area contributed by atoms with Gasteiger partial charge in [0.2, 0.25) is 0 Å². The lowest BCUT2D eigenvalue weighted by Crippen LogP contribution is -2.46. The lowest BCUT2D eigenvalue weighted by atomic mass is 10.2. The maximum Gasteiger partial charge on any atom is 0.137 e. The number of anilines is 1. The summed E-state index contributed by atoms with van der Waals surface area (Å²) in [6, 6.07) is 4.24. The molecule has 0 aliphatic carbocycles. The zero-order valence-electron chi connectivity index (χ0n) is 10.4. The van der Waals surface area contributed by atoms with E-state index in [0.717, 1.165) is 32.1 Å². The van der Waals surface area contributed by atoms with E-state index in [1.165, 1.54) is 10.1 Å². The van der Waals surface area contributed by atoms with Crippen LogP contribution in [0.25, 0.3) is 10.1 Å². The third kappa shape index (κ3) is 2.21. The Labute approximate surface area is 111 Å². The molecule has 0 bridgehead atoms. The van der Waals surface area contributed by atoms with E-state index in [1.807, 2.05) is 13.2 Å². The van der Waals surface area contributed by atoms with Gasteiger partial charge in [-0.15, -0.1) is 11.3 Å². The van der Waals surface area contributed by atoms with E-state index in [0.29, 0.717) is 0 Å². The number of fused-ring (bicyclic) bond motifs is 1. The Morgan fingerprint density at radius 3 is 3.39 bits per heavy atom. The molecule has 1 fully saturated rings. The van der Waals surface area contributed by atoms with Crippen LogP contribution < -0.4 is 10.2 Å². The number of hydrogen-bond acceptors (Lipinski definition) is 5. The van der Waals surface area contributed by atoms with E-state index < -0.39 is 0 Å². The zero-order chi connectivity index (χ0) is 12.4. The molecule has 0 spiro atoms. The predicted octanol–water partition coefficient (Wildman–Crippen LogP) is 1.72. The average Bonchev–Trinajstić information content (AvgIpc) is 2.87. The van der Waals surface area contributed by atoms with Crippen molar-refractivity contribution < 1.29 is 4.74 Å². The van der Waals surface area contributed by atoms with Crippen molar-refractivity contribution in [3.8, 4) is 0 Å². The number of ether oxygens (including phenoxy) is 1. The monoisotopic (exact) mass is 263 g/mol. The van der Waals surface area contributed by atoms with Crippen molar-refractivity contribution in [2.75, 3.05) is 38.2 Å². The summed E-state index contributed by atoms with van der Waals surface area (Å²) >= 11 is 1.77. The first-order valence-electron chi connectivity index (χ1n) is 6.22. The number of pyridine rings is 1. The van der Waals surface area contributed by atoms with E-state index in [4.69, 9.17) is 4.74 Å². The second-order valence-electron chi connectivity index (χ2n) is 4.46. The third-order valence-electron chi connectivity index (χ3n) is 3.23. The highest BCUT2D eigenvalue weighted by atomic mass is 32.1. The average molecular weight is 263 g/mol. The van der Waals surface area contributed by atoms with Crippen LogP contribution in [0.1, 0.15) is 0 Å². The molecule has 0 aromatic carbocycles. The van der Waals surface area contributed by atoms with Gasteiger partial charge in [-0.1, -0.05) is 0 Å². The fourth-order valence-electron chi connectivity index (χ4n) is 2.39. The molecular weight excluding hydrogens is 246 g/mol. The topological polar surface area (TPSA) is 37.4 Å². The quantitative estimate of drug-likeness (QED) is 0.915. The molecule has 1 atom stereocenters. The van der Waals surface area contributed by atoms with Crippen LogP contribution in [-0.4, -0.2) is 44.4 Å². The van der Waals surface area contributed by atoms with Crippen molar-refractivity contribution >= 4 is 27.2 Å². The van der Waals surface area contributed by atoms with Crippen molar-refractivity contribution in [2.24, 2.45) is 0 Å². The first kappa shape index (κ1) is 11.9. The zero-order valence-corrected chi connectivity index (χ0v) is 11.2. The van der Waals surface area contributed by atoms with Gasteiger partial charge in [0.15, 0.2) is 0 Å². The molecule has 1 saturated heterocycles. The molecule has 0 saturated carbocycles. The molecule has 5 heteroatoms. The number of hydrogen-bond donors (Lipinski definition) is 1. The van der Waals surface area contributed by atoms with Gasteiger partial charge in [-0.2, -0.15) is 0 Å². The van der Waals surface area contributed by atoms with Crippen LogP contribution in [0.15, 0.2) is 23.7 Å². The Morgan fingerprint density at radius 2 is 2.50 bits per heavy atom. The summed E-state index contributed by atoms with van der Waals surface area (Å²) in [5.74, 6) is 1.10. The highest BCUT2D eigenvalue weighted by molar-refractivity contribution is 7.17. The van der Waals surface area contributed by atoms with Gasteiger partial charge in [0.05, 0.1) is 12.7 Å². The largest absolute Gasteiger partial charge is 0.373 e.